The summed E-state index contributed by atoms with van der Waals surface area (Å²) < 4.78 is 5.02. The van der Waals surface area contributed by atoms with Gasteiger partial charge in [0, 0.05) is 27.8 Å². The topological polar surface area (TPSA) is 62.6 Å². The number of anilines is 2. The number of hydrogen-bond donors (Lipinski definition) is 1. The molecule has 0 radical (unpaired) electrons. The number of fused-ring (bicyclic) bond motifs is 1. The largest absolute Gasteiger partial charge is 0.472 e. The van der Waals surface area contributed by atoms with E-state index in [0.29, 0.717) is 27.7 Å². The first-order valence-corrected chi connectivity index (χ1v) is 10.9. The fourth-order valence-corrected chi connectivity index (χ4v) is 4.69. The minimum atomic E-state index is -0.158. The summed E-state index contributed by atoms with van der Waals surface area (Å²) in [5.74, 6) is -0.243. The zero-order valence-corrected chi connectivity index (χ0v) is 17.9. The molecule has 0 fully saturated rings. The third kappa shape index (κ3) is 3.87. The van der Waals surface area contributed by atoms with Gasteiger partial charge in [0.05, 0.1) is 16.7 Å². The van der Waals surface area contributed by atoms with Crippen molar-refractivity contribution in [2.24, 2.45) is 0 Å². The van der Waals surface area contributed by atoms with Gasteiger partial charge in [-0.3, -0.25) is 9.59 Å². The fourth-order valence-electron chi connectivity index (χ4n) is 3.65. The molecule has 2 aromatic heterocycles. The number of carbonyl (C=O) groups excluding carboxylic acids is 2. The summed E-state index contributed by atoms with van der Waals surface area (Å²) in [5.41, 5.74) is 4.16. The van der Waals surface area contributed by atoms with E-state index in [4.69, 9.17) is 16.0 Å². The number of hydrogen-bond acceptors (Lipinski definition) is 4. The van der Waals surface area contributed by atoms with E-state index >= 15 is 0 Å². The predicted molar refractivity (Wildman–Crippen MR) is 123 cm³/mol. The molecule has 0 atom stereocenters. The predicted octanol–water partition coefficient (Wildman–Crippen LogP) is 6.12. The van der Waals surface area contributed by atoms with Gasteiger partial charge in [0.1, 0.15) is 6.26 Å². The van der Waals surface area contributed by atoms with Crippen molar-refractivity contribution >= 4 is 46.1 Å². The van der Waals surface area contributed by atoms with E-state index in [-0.39, 0.29) is 11.8 Å². The molecule has 3 heterocycles. The molecule has 2 aromatic carbocycles. The van der Waals surface area contributed by atoms with Crippen molar-refractivity contribution in [3.05, 3.63) is 94.2 Å². The lowest BCUT2D eigenvalue weighted by molar-refractivity contribution is 0.0987. The van der Waals surface area contributed by atoms with Gasteiger partial charge in [-0.25, -0.2) is 0 Å². The van der Waals surface area contributed by atoms with Gasteiger partial charge in [-0.2, -0.15) is 0 Å². The van der Waals surface area contributed by atoms with Crippen molar-refractivity contribution in [3.63, 3.8) is 0 Å². The van der Waals surface area contributed by atoms with E-state index in [1.54, 1.807) is 11.0 Å². The van der Waals surface area contributed by atoms with Gasteiger partial charge in [-0.05, 0) is 66.1 Å². The van der Waals surface area contributed by atoms with Gasteiger partial charge in [0.2, 0.25) is 0 Å². The molecular formula is C24H17ClN2O3S. The van der Waals surface area contributed by atoms with Crippen LogP contribution in [0.15, 0.2) is 77.6 Å². The van der Waals surface area contributed by atoms with Crippen LogP contribution in [0.25, 0.3) is 10.4 Å². The molecule has 4 aromatic rings. The number of rotatable bonds is 4. The standard InChI is InChI=1S/C24H17ClN2O3S/c25-18-3-1-15(2-4-18)21-7-8-22(31-21)23(28)26-19-5-6-20-16(13-19)9-11-27(20)24(29)17-10-12-30-14-17/h1-8,10,12-14H,9,11H2,(H,26,28). The Balaban J connectivity index is 1.31. The first-order chi connectivity index (χ1) is 15.1. The molecule has 5 rings (SSSR count). The Morgan fingerprint density at radius 3 is 2.65 bits per heavy atom. The molecule has 2 amide bonds. The smallest absolute Gasteiger partial charge is 0.265 e. The third-order valence-corrected chi connectivity index (χ3v) is 6.59. The van der Waals surface area contributed by atoms with Crippen molar-refractivity contribution in [2.45, 2.75) is 6.42 Å². The summed E-state index contributed by atoms with van der Waals surface area (Å²) in [6, 6.07) is 18.6. The van der Waals surface area contributed by atoms with Crippen LogP contribution in [0.4, 0.5) is 11.4 Å². The highest BCUT2D eigenvalue weighted by molar-refractivity contribution is 7.17. The molecule has 0 spiro atoms. The second-order valence-electron chi connectivity index (χ2n) is 7.19. The number of halogens is 1. The average Bonchev–Trinajstić information content (AvgIpc) is 3.54. The van der Waals surface area contributed by atoms with Gasteiger partial charge >= 0.3 is 0 Å². The maximum Gasteiger partial charge on any atom is 0.265 e. The Morgan fingerprint density at radius 1 is 1.03 bits per heavy atom. The van der Waals surface area contributed by atoms with Gasteiger partial charge in [-0.15, -0.1) is 11.3 Å². The van der Waals surface area contributed by atoms with Gasteiger partial charge in [0.25, 0.3) is 11.8 Å². The maximum absolute atomic E-state index is 12.7. The summed E-state index contributed by atoms with van der Waals surface area (Å²) in [4.78, 5) is 28.8. The summed E-state index contributed by atoms with van der Waals surface area (Å²) in [6.07, 6.45) is 3.68. The Kier molecular flexibility index (Phi) is 5.10. The van der Waals surface area contributed by atoms with Crippen LogP contribution in [0.3, 0.4) is 0 Å². The first kappa shape index (κ1) is 19.6. The zero-order valence-electron chi connectivity index (χ0n) is 16.3. The molecule has 0 saturated carbocycles. The average molecular weight is 449 g/mol. The number of carbonyl (C=O) groups is 2. The van der Waals surface area contributed by atoms with Gasteiger partial charge in [-0.1, -0.05) is 23.7 Å². The van der Waals surface area contributed by atoms with Crippen LogP contribution in [0.1, 0.15) is 25.6 Å². The lowest BCUT2D eigenvalue weighted by Gasteiger charge is -2.16. The number of nitrogens with zero attached hydrogens (tertiary/aromatic N) is 1. The molecule has 0 aliphatic carbocycles. The van der Waals surface area contributed by atoms with Crippen LogP contribution < -0.4 is 10.2 Å². The lowest BCUT2D eigenvalue weighted by atomic mass is 10.1. The maximum atomic E-state index is 12.7. The Morgan fingerprint density at radius 2 is 1.87 bits per heavy atom. The van der Waals surface area contributed by atoms with E-state index in [9.17, 15) is 9.59 Å². The van der Waals surface area contributed by atoms with Crippen molar-refractivity contribution in [2.75, 3.05) is 16.8 Å². The molecule has 31 heavy (non-hydrogen) atoms. The van der Waals surface area contributed by atoms with Crippen molar-refractivity contribution in [1.29, 1.82) is 0 Å². The van der Waals surface area contributed by atoms with E-state index in [0.717, 1.165) is 28.1 Å². The summed E-state index contributed by atoms with van der Waals surface area (Å²) in [5, 5.41) is 3.65. The van der Waals surface area contributed by atoms with Gasteiger partial charge in [0.15, 0.2) is 0 Å². The van der Waals surface area contributed by atoms with Gasteiger partial charge < -0.3 is 14.6 Å². The second kappa shape index (κ2) is 8.06. The summed E-state index contributed by atoms with van der Waals surface area (Å²) in [6.45, 7) is 0.603. The SMILES string of the molecule is O=C(Nc1ccc2c(c1)CCN2C(=O)c1ccoc1)c1ccc(-c2ccc(Cl)cc2)s1. The van der Waals surface area contributed by atoms with E-state index < -0.39 is 0 Å². The molecule has 7 heteroatoms. The summed E-state index contributed by atoms with van der Waals surface area (Å²) in [7, 11) is 0. The highest BCUT2D eigenvalue weighted by Gasteiger charge is 2.26. The summed E-state index contributed by atoms with van der Waals surface area (Å²) >= 11 is 7.38. The molecule has 1 aliphatic heterocycles. The number of amides is 2. The third-order valence-electron chi connectivity index (χ3n) is 5.20. The van der Waals surface area contributed by atoms with Crippen LogP contribution in [-0.2, 0) is 6.42 Å². The molecular weight excluding hydrogens is 432 g/mol. The van der Waals surface area contributed by atoms with Crippen molar-refractivity contribution in [3.8, 4) is 10.4 Å². The van der Waals surface area contributed by atoms with E-state index in [1.807, 2.05) is 54.6 Å². The normalized spacial score (nSPS) is 12.6. The lowest BCUT2D eigenvalue weighted by Crippen LogP contribution is -2.28. The Bertz CT molecular complexity index is 1260. The van der Waals surface area contributed by atoms with E-state index in [2.05, 4.69) is 5.32 Å². The molecule has 1 aliphatic rings. The highest BCUT2D eigenvalue weighted by Crippen LogP contribution is 2.33. The van der Waals surface area contributed by atoms with Crippen LogP contribution in [-0.4, -0.2) is 18.4 Å². The second-order valence-corrected chi connectivity index (χ2v) is 8.71. The minimum Gasteiger partial charge on any atom is -0.472 e. The Labute approximate surface area is 187 Å². The van der Waals surface area contributed by atoms with Crippen LogP contribution in [0, 0.1) is 0 Å². The van der Waals surface area contributed by atoms with Crippen LogP contribution >= 0.6 is 22.9 Å². The number of benzene rings is 2. The molecule has 0 bridgehead atoms. The zero-order chi connectivity index (χ0) is 21.4. The highest BCUT2D eigenvalue weighted by atomic mass is 35.5. The van der Waals surface area contributed by atoms with E-state index in [1.165, 1.54) is 23.9 Å². The van der Waals surface area contributed by atoms with Crippen molar-refractivity contribution in [1.82, 2.24) is 0 Å². The number of thiophene rings is 1. The fraction of sp³-hybridized carbons (Fsp3) is 0.0833. The van der Waals surface area contributed by atoms with Crippen LogP contribution in [0.5, 0.6) is 0 Å². The molecule has 0 saturated heterocycles. The molecule has 5 nitrogen and oxygen atoms in total. The number of furan rings is 1. The Hall–Kier alpha value is -3.35. The van der Waals surface area contributed by atoms with Crippen LogP contribution in [0.2, 0.25) is 5.02 Å². The molecule has 1 N–H and O–H groups in total. The number of nitrogens with one attached hydrogen (secondary N) is 1. The molecule has 154 valence electrons. The first-order valence-electron chi connectivity index (χ1n) is 9.72. The van der Waals surface area contributed by atoms with Crippen molar-refractivity contribution < 1.29 is 14.0 Å². The monoisotopic (exact) mass is 448 g/mol. The molecule has 0 unspecified atom stereocenters. The quantitative estimate of drug-likeness (QED) is 0.409. The minimum absolute atomic E-state index is 0.0856.